The first-order valence-electron chi connectivity index (χ1n) is 6.76. The van der Waals surface area contributed by atoms with Crippen LogP contribution < -0.4 is 10.1 Å². The van der Waals surface area contributed by atoms with Crippen LogP contribution in [0.1, 0.15) is 18.1 Å². The Balaban J connectivity index is 1.98. The molecule has 0 spiro atoms. The second kappa shape index (κ2) is 6.76. The summed E-state index contributed by atoms with van der Waals surface area (Å²) in [7, 11) is 0. The van der Waals surface area contributed by atoms with Crippen molar-refractivity contribution >= 4 is 27.5 Å². The number of carbonyl (C=O) groups is 1. The number of anilines is 1. The number of nitrogens with one attached hydrogen (secondary N) is 1. The maximum atomic E-state index is 12.1. The minimum atomic E-state index is -0.562. The van der Waals surface area contributed by atoms with Crippen LogP contribution >= 0.6 is 15.9 Å². The van der Waals surface area contributed by atoms with Crippen LogP contribution in [0, 0.1) is 13.8 Å². The molecule has 1 atom stereocenters. The van der Waals surface area contributed by atoms with Gasteiger partial charge in [0.25, 0.3) is 5.91 Å². The van der Waals surface area contributed by atoms with E-state index in [2.05, 4.69) is 21.2 Å². The summed E-state index contributed by atoms with van der Waals surface area (Å²) < 4.78 is 6.60. The number of ether oxygens (including phenoxy) is 1. The molecular formula is C17H18BrNO2. The number of aryl methyl sites for hydroxylation is 2. The van der Waals surface area contributed by atoms with E-state index in [1.54, 1.807) is 6.92 Å². The number of benzene rings is 2. The summed E-state index contributed by atoms with van der Waals surface area (Å²) in [5.74, 6) is 0.502. The van der Waals surface area contributed by atoms with Crippen LogP contribution in [0.5, 0.6) is 5.75 Å². The summed E-state index contributed by atoms with van der Waals surface area (Å²) in [5, 5.41) is 2.87. The molecule has 0 saturated carbocycles. The second-order valence-electron chi connectivity index (χ2n) is 5.00. The number of halogens is 1. The molecule has 0 heterocycles. The minimum absolute atomic E-state index is 0.166. The molecule has 0 fully saturated rings. The zero-order valence-corrected chi connectivity index (χ0v) is 13.9. The predicted molar refractivity (Wildman–Crippen MR) is 88.8 cm³/mol. The van der Waals surface area contributed by atoms with Gasteiger partial charge in [-0.3, -0.25) is 4.79 Å². The molecule has 0 unspecified atom stereocenters. The van der Waals surface area contributed by atoms with Crippen molar-refractivity contribution in [2.75, 3.05) is 5.32 Å². The molecule has 1 amide bonds. The first-order chi connectivity index (χ1) is 9.95. The van der Waals surface area contributed by atoms with E-state index >= 15 is 0 Å². The number of amides is 1. The molecule has 3 nitrogen and oxygen atoms in total. The fourth-order valence-electron chi connectivity index (χ4n) is 1.83. The van der Waals surface area contributed by atoms with Gasteiger partial charge in [0.05, 0.1) is 0 Å². The number of rotatable bonds is 4. The quantitative estimate of drug-likeness (QED) is 0.885. The van der Waals surface area contributed by atoms with Crippen molar-refractivity contribution in [2.45, 2.75) is 26.9 Å². The Labute approximate surface area is 133 Å². The molecule has 0 saturated heterocycles. The van der Waals surface area contributed by atoms with Gasteiger partial charge in [0.2, 0.25) is 0 Å². The lowest BCUT2D eigenvalue weighted by atomic mass is 10.1. The van der Waals surface area contributed by atoms with E-state index in [1.807, 2.05) is 56.3 Å². The van der Waals surface area contributed by atoms with E-state index in [9.17, 15) is 4.79 Å². The zero-order chi connectivity index (χ0) is 15.4. The number of hydrogen-bond donors (Lipinski definition) is 1. The molecule has 2 aromatic rings. The highest BCUT2D eigenvalue weighted by Crippen LogP contribution is 2.18. The third-order valence-electron chi connectivity index (χ3n) is 3.27. The minimum Gasteiger partial charge on any atom is -0.481 e. The summed E-state index contributed by atoms with van der Waals surface area (Å²) in [6.07, 6.45) is -0.562. The van der Waals surface area contributed by atoms with Crippen molar-refractivity contribution in [3.05, 3.63) is 58.1 Å². The average molecular weight is 348 g/mol. The molecule has 0 aliphatic heterocycles. The van der Waals surface area contributed by atoms with Crippen molar-refractivity contribution in [3.63, 3.8) is 0 Å². The summed E-state index contributed by atoms with van der Waals surface area (Å²) >= 11 is 3.36. The average Bonchev–Trinajstić information content (AvgIpc) is 2.45. The molecule has 0 aromatic heterocycles. The van der Waals surface area contributed by atoms with Gasteiger partial charge < -0.3 is 10.1 Å². The molecule has 0 aliphatic rings. The molecule has 21 heavy (non-hydrogen) atoms. The predicted octanol–water partition coefficient (Wildman–Crippen LogP) is 4.47. The highest BCUT2D eigenvalue weighted by Gasteiger charge is 2.15. The zero-order valence-electron chi connectivity index (χ0n) is 12.3. The summed E-state index contributed by atoms with van der Waals surface area (Å²) in [6.45, 7) is 5.80. The fraction of sp³-hybridized carbons (Fsp3) is 0.235. The lowest BCUT2D eigenvalue weighted by Gasteiger charge is -2.15. The molecule has 2 rings (SSSR count). The molecule has 0 aliphatic carbocycles. The number of carbonyl (C=O) groups excluding carboxylic acids is 1. The highest BCUT2D eigenvalue weighted by atomic mass is 79.9. The SMILES string of the molecule is Cc1ccc(NC(=O)[C@@H](C)Oc2ccc(Br)cc2)cc1C. The van der Waals surface area contributed by atoms with Gasteiger partial charge in [-0.25, -0.2) is 0 Å². The molecular weight excluding hydrogens is 330 g/mol. The first kappa shape index (κ1) is 15.6. The van der Waals surface area contributed by atoms with E-state index in [0.717, 1.165) is 15.7 Å². The fourth-order valence-corrected chi connectivity index (χ4v) is 2.10. The lowest BCUT2D eigenvalue weighted by Crippen LogP contribution is -2.30. The van der Waals surface area contributed by atoms with E-state index < -0.39 is 6.10 Å². The monoisotopic (exact) mass is 347 g/mol. The van der Waals surface area contributed by atoms with E-state index in [4.69, 9.17) is 4.74 Å². The van der Waals surface area contributed by atoms with Crippen molar-refractivity contribution in [3.8, 4) is 5.75 Å². The Kier molecular flexibility index (Phi) is 5.02. The Morgan fingerprint density at radius 3 is 2.38 bits per heavy atom. The van der Waals surface area contributed by atoms with Gasteiger partial charge in [-0.05, 0) is 68.3 Å². The summed E-state index contributed by atoms with van der Waals surface area (Å²) in [6, 6.07) is 13.2. The molecule has 0 radical (unpaired) electrons. The lowest BCUT2D eigenvalue weighted by molar-refractivity contribution is -0.122. The van der Waals surface area contributed by atoms with Crippen LogP contribution in [0.4, 0.5) is 5.69 Å². The highest BCUT2D eigenvalue weighted by molar-refractivity contribution is 9.10. The largest absolute Gasteiger partial charge is 0.481 e. The van der Waals surface area contributed by atoms with Gasteiger partial charge in [-0.2, -0.15) is 0 Å². The van der Waals surface area contributed by atoms with Crippen molar-refractivity contribution < 1.29 is 9.53 Å². The van der Waals surface area contributed by atoms with Crippen molar-refractivity contribution in [1.82, 2.24) is 0 Å². The summed E-state index contributed by atoms with van der Waals surface area (Å²) in [4.78, 5) is 12.1. The Bertz CT molecular complexity index is 638. The van der Waals surface area contributed by atoms with Gasteiger partial charge in [-0.15, -0.1) is 0 Å². The van der Waals surface area contributed by atoms with E-state index in [-0.39, 0.29) is 5.91 Å². The smallest absolute Gasteiger partial charge is 0.265 e. The number of hydrogen-bond acceptors (Lipinski definition) is 2. The van der Waals surface area contributed by atoms with Crippen LogP contribution in [0.25, 0.3) is 0 Å². The maximum Gasteiger partial charge on any atom is 0.265 e. The van der Waals surface area contributed by atoms with Crippen molar-refractivity contribution in [1.29, 1.82) is 0 Å². The van der Waals surface area contributed by atoms with Crippen LogP contribution in [0.2, 0.25) is 0 Å². The van der Waals surface area contributed by atoms with E-state index in [1.165, 1.54) is 5.56 Å². The van der Waals surface area contributed by atoms with Crippen molar-refractivity contribution in [2.24, 2.45) is 0 Å². The Morgan fingerprint density at radius 2 is 1.76 bits per heavy atom. The molecule has 4 heteroatoms. The molecule has 0 bridgehead atoms. The second-order valence-corrected chi connectivity index (χ2v) is 5.92. The van der Waals surface area contributed by atoms with Gasteiger partial charge >= 0.3 is 0 Å². The molecule has 1 N–H and O–H groups in total. The topological polar surface area (TPSA) is 38.3 Å². The Morgan fingerprint density at radius 1 is 1.10 bits per heavy atom. The molecule has 110 valence electrons. The first-order valence-corrected chi connectivity index (χ1v) is 7.55. The van der Waals surface area contributed by atoms with Gasteiger partial charge in [0.15, 0.2) is 6.10 Å². The summed E-state index contributed by atoms with van der Waals surface area (Å²) in [5.41, 5.74) is 3.13. The van der Waals surface area contributed by atoms with Crippen LogP contribution in [-0.2, 0) is 4.79 Å². The standard InChI is InChI=1S/C17H18BrNO2/c1-11-4-7-15(10-12(11)2)19-17(20)13(3)21-16-8-5-14(18)6-9-16/h4-10,13H,1-3H3,(H,19,20)/t13-/m1/s1. The van der Waals surface area contributed by atoms with Gasteiger partial charge in [-0.1, -0.05) is 22.0 Å². The third-order valence-corrected chi connectivity index (χ3v) is 3.80. The van der Waals surface area contributed by atoms with Crippen LogP contribution in [0.15, 0.2) is 46.9 Å². The maximum absolute atomic E-state index is 12.1. The Hall–Kier alpha value is -1.81. The van der Waals surface area contributed by atoms with Crippen LogP contribution in [-0.4, -0.2) is 12.0 Å². The molecule has 2 aromatic carbocycles. The third kappa shape index (κ3) is 4.33. The van der Waals surface area contributed by atoms with E-state index in [0.29, 0.717) is 5.75 Å². The normalized spacial score (nSPS) is 11.8. The van der Waals surface area contributed by atoms with Gasteiger partial charge in [0, 0.05) is 10.2 Å². The van der Waals surface area contributed by atoms with Crippen LogP contribution in [0.3, 0.4) is 0 Å². The van der Waals surface area contributed by atoms with Gasteiger partial charge in [0.1, 0.15) is 5.75 Å².